The van der Waals surface area contributed by atoms with Crippen molar-refractivity contribution in [1.82, 2.24) is 0 Å². The van der Waals surface area contributed by atoms with E-state index >= 15 is 0 Å². The third-order valence-electron chi connectivity index (χ3n) is 14.7. The Morgan fingerprint density at radius 3 is 0.986 bits per heavy atom. The zero-order valence-electron chi connectivity index (χ0n) is 39.5. The van der Waals surface area contributed by atoms with Crippen molar-refractivity contribution in [2.75, 3.05) is 19.6 Å². The van der Waals surface area contributed by atoms with Gasteiger partial charge in [-0.15, -0.1) is 22.7 Å². The molecule has 0 saturated heterocycles. The summed E-state index contributed by atoms with van der Waals surface area (Å²) in [5.74, 6) is 0. The van der Waals surface area contributed by atoms with Crippen molar-refractivity contribution in [3.05, 3.63) is 261 Å². The maximum atomic E-state index is 2.53. The highest BCUT2D eigenvalue weighted by Gasteiger charge is 2.44. The van der Waals surface area contributed by atoms with Gasteiger partial charge in [-0.1, -0.05) is 127 Å². The number of hydrogen-bond acceptors (Lipinski definition) is 6. The Labute approximate surface area is 432 Å². The first-order valence-corrected chi connectivity index (χ1v) is 26.5. The molecule has 4 heterocycles. The molecule has 0 N–H and O–H groups in total. The monoisotopic (exact) mass is 966 g/mol. The lowest BCUT2D eigenvalue weighted by Crippen LogP contribution is -2.61. The first-order valence-electron chi connectivity index (χ1n) is 24.9. The molecule has 0 aliphatic carbocycles. The van der Waals surface area contributed by atoms with Crippen LogP contribution in [0.1, 0.15) is 0 Å². The van der Waals surface area contributed by atoms with Crippen LogP contribution in [0.4, 0.5) is 68.2 Å². The molecule has 0 amide bonds. The second kappa shape index (κ2) is 16.9. The molecule has 0 spiro atoms. The van der Waals surface area contributed by atoms with Crippen LogP contribution in [-0.4, -0.2) is 6.71 Å². The highest BCUT2D eigenvalue weighted by atomic mass is 32.1. The first kappa shape index (κ1) is 41.9. The second-order valence-electron chi connectivity index (χ2n) is 18.9. The average Bonchev–Trinajstić information content (AvgIpc) is 4.00. The molecule has 2 aromatic heterocycles. The van der Waals surface area contributed by atoms with Crippen LogP contribution in [0.5, 0.6) is 0 Å². The number of fused-ring (bicyclic) bond motifs is 10. The third kappa shape index (κ3) is 6.74. The van der Waals surface area contributed by atoms with Crippen molar-refractivity contribution in [2.24, 2.45) is 0 Å². The highest BCUT2D eigenvalue weighted by molar-refractivity contribution is 7.26. The van der Waals surface area contributed by atoms with Gasteiger partial charge in [0.1, 0.15) is 0 Å². The van der Waals surface area contributed by atoms with E-state index in [1.165, 1.54) is 79.5 Å². The van der Waals surface area contributed by atoms with Crippen LogP contribution in [-0.2, 0) is 0 Å². The molecule has 342 valence electrons. The van der Waals surface area contributed by atoms with Crippen molar-refractivity contribution >= 4 is 154 Å². The molecule has 0 atom stereocenters. The Hall–Kier alpha value is -8.88. The minimum atomic E-state index is -0.0234. The normalized spacial score (nSPS) is 12.6. The van der Waals surface area contributed by atoms with E-state index in [-0.39, 0.29) is 6.71 Å². The first-order chi connectivity index (χ1) is 36.2. The van der Waals surface area contributed by atoms with Gasteiger partial charge in [0.15, 0.2) is 0 Å². The van der Waals surface area contributed by atoms with E-state index in [1.54, 1.807) is 0 Å². The minimum absolute atomic E-state index is 0.0234. The summed E-state index contributed by atoms with van der Waals surface area (Å²) in [6.45, 7) is -0.0234. The van der Waals surface area contributed by atoms with Crippen molar-refractivity contribution in [1.29, 1.82) is 0 Å². The molecule has 13 aromatic rings. The lowest BCUT2D eigenvalue weighted by atomic mass is 9.33. The summed E-state index contributed by atoms with van der Waals surface area (Å²) in [5.41, 5.74) is 17.9. The molecule has 15 rings (SSSR count). The Morgan fingerprint density at radius 2 is 0.616 bits per heavy atom. The third-order valence-corrected chi connectivity index (χ3v) is 17.0. The van der Waals surface area contributed by atoms with Gasteiger partial charge in [-0.3, -0.25) is 0 Å². The molecule has 73 heavy (non-hydrogen) atoms. The summed E-state index contributed by atoms with van der Waals surface area (Å²) in [6, 6.07) is 95.7. The molecule has 0 radical (unpaired) electrons. The molecule has 7 heteroatoms. The lowest BCUT2D eigenvalue weighted by molar-refractivity contribution is 1.26. The van der Waals surface area contributed by atoms with Crippen LogP contribution in [0, 0.1) is 0 Å². The van der Waals surface area contributed by atoms with E-state index < -0.39 is 0 Å². The second-order valence-corrected chi connectivity index (χ2v) is 21.0. The molecule has 4 nitrogen and oxygen atoms in total. The van der Waals surface area contributed by atoms with Gasteiger partial charge in [0.05, 0.1) is 0 Å². The summed E-state index contributed by atoms with van der Waals surface area (Å²) in [7, 11) is 0. The fourth-order valence-corrected chi connectivity index (χ4v) is 14.0. The quantitative estimate of drug-likeness (QED) is 0.141. The summed E-state index contributed by atoms with van der Waals surface area (Å²) >= 11 is 3.79. The van der Waals surface area contributed by atoms with Crippen LogP contribution in [0.3, 0.4) is 0 Å². The van der Waals surface area contributed by atoms with Crippen LogP contribution >= 0.6 is 22.7 Å². The molecule has 2 aliphatic heterocycles. The summed E-state index contributed by atoms with van der Waals surface area (Å²) in [6.07, 6.45) is 0. The fourth-order valence-electron chi connectivity index (χ4n) is 11.6. The van der Waals surface area contributed by atoms with Gasteiger partial charge < -0.3 is 19.6 Å². The van der Waals surface area contributed by atoms with Gasteiger partial charge in [-0.05, 0) is 150 Å². The smallest absolute Gasteiger partial charge is 0.252 e. The van der Waals surface area contributed by atoms with Crippen molar-refractivity contribution in [3.8, 4) is 0 Å². The maximum absolute atomic E-state index is 2.53. The van der Waals surface area contributed by atoms with Crippen LogP contribution in [0.2, 0.25) is 0 Å². The van der Waals surface area contributed by atoms with Gasteiger partial charge in [0.25, 0.3) is 6.71 Å². The number of thiophene rings is 2. The topological polar surface area (TPSA) is 13.0 Å². The summed E-state index contributed by atoms with van der Waals surface area (Å²) in [4.78, 5) is 9.76. The molecule has 0 fully saturated rings. The number of nitrogens with zero attached hydrogens (tertiary/aromatic N) is 4. The van der Waals surface area contributed by atoms with E-state index in [0.717, 1.165) is 45.5 Å². The van der Waals surface area contributed by atoms with E-state index in [2.05, 4.69) is 280 Å². The number of rotatable bonds is 8. The Balaban J connectivity index is 0.956. The van der Waals surface area contributed by atoms with Crippen LogP contribution < -0.4 is 36.0 Å². The summed E-state index contributed by atoms with van der Waals surface area (Å²) < 4.78 is 5.10. The highest BCUT2D eigenvalue weighted by Crippen LogP contribution is 2.49. The molecule has 0 unspecified atom stereocenters. The van der Waals surface area contributed by atoms with Crippen molar-refractivity contribution < 1.29 is 0 Å². The number of benzene rings is 11. The van der Waals surface area contributed by atoms with Gasteiger partial charge in [-0.2, -0.15) is 0 Å². The number of para-hydroxylation sites is 6. The molecule has 11 aromatic carbocycles. The molecule has 2 aliphatic rings. The van der Waals surface area contributed by atoms with Gasteiger partial charge >= 0.3 is 0 Å². The van der Waals surface area contributed by atoms with E-state index in [0.29, 0.717) is 0 Å². The Bertz CT molecular complexity index is 3870. The minimum Gasteiger partial charge on any atom is -0.311 e. The predicted molar refractivity (Wildman–Crippen MR) is 316 cm³/mol. The van der Waals surface area contributed by atoms with Gasteiger partial charge in [0, 0.05) is 109 Å². The van der Waals surface area contributed by atoms with Gasteiger partial charge in [0.2, 0.25) is 0 Å². The zero-order chi connectivity index (χ0) is 48.0. The van der Waals surface area contributed by atoms with E-state index in [9.17, 15) is 0 Å². The fraction of sp³-hybridized carbons (Fsp3) is 0. The molecule has 0 bridgehead atoms. The Morgan fingerprint density at radius 1 is 0.274 bits per heavy atom. The molecule has 0 saturated carbocycles. The predicted octanol–water partition coefficient (Wildman–Crippen LogP) is 17.4. The van der Waals surface area contributed by atoms with Gasteiger partial charge in [-0.25, -0.2) is 0 Å². The van der Waals surface area contributed by atoms with Crippen molar-refractivity contribution in [2.45, 2.75) is 0 Å². The SMILES string of the molecule is c1ccc(N(c2ccccc2)c2ccc3c(c2)sc2cc4c(cc23)N(c2ccccc2)c2cccc3c2B4c2cc4sc5cc(N(c6ccccc6)c6ccccc6)ccc5c4cc2N3c2ccccc2)cc1. The Kier molecular flexibility index (Phi) is 9.68. The lowest BCUT2D eigenvalue weighted by Gasteiger charge is -2.44. The van der Waals surface area contributed by atoms with E-state index in [1.807, 2.05) is 22.7 Å². The average molecular weight is 967 g/mol. The number of anilines is 12. The van der Waals surface area contributed by atoms with Crippen molar-refractivity contribution in [3.63, 3.8) is 0 Å². The largest absolute Gasteiger partial charge is 0.311 e. The van der Waals surface area contributed by atoms with Crippen LogP contribution in [0.15, 0.2) is 261 Å². The molecular formula is C66H43BN4S2. The standard InChI is InChI=1S/C66H43BN4S2/c1-7-20-44(21-8-1)68(45-22-9-2-10-23-45)50-34-36-52-54-40-60-56(42-64(54)72-62(52)38-50)67-57-43-65-55(53-37-35-51(39-63(53)73-65)69(46-24-11-3-12-25-46)47-26-13-4-14-27-47)41-61(57)71(49-30-17-6-18-31-49)59-33-19-32-58(66(59)67)70(60)48-28-15-5-16-29-48/h1-43H. The maximum Gasteiger partial charge on any atom is 0.252 e. The van der Waals surface area contributed by atoms with E-state index in [4.69, 9.17) is 0 Å². The number of hydrogen-bond donors (Lipinski definition) is 0. The molecular weight excluding hydrogens is 924 g/mol. The zero-order valence-corrected chi connectivity index (χ0v) is 41.1. The van der Waals surface area contributed by atoms with Crippen LogP contribution in [0.25, 0.3) is 40.3 Å². The summed E-state index contributed by atoms with van der Waals surface area (Å²) in [5, 5.41) is 5.08.